The molecule has 2 aromatic heterocycles. The van der Waals surface area contributed by atoms with E-state index in [1.54, 1.807) is 0 Å². The maximum atomic E-state index is 12.4. The maximum Gasteiger partial charge on any atom is 0.319 e. The Morgan fingerprint density at radius 2 is 1.96 bits per heavy atom. The lowest BCUT2D eigenvalue weighted by atomic mass is 10.1. The van der Waals surface area contributed by atoms with Crippen LogP contribution in [0.4, 0.5) is 10.5 Å². The SMILES string of the molecule is Cc1ccn2cc(CNC(=O)Nc3ccccc3CN3CCCCC3)nc2c1. The number of imidazole rings is 1. The Balaban J connectivity index is 1.36. The molecule has 2 amide bonds. The van der Waals surface area contributed by atoms with Gasteiger partial charge in [0.15, 0.2) is 0 Å². The third kappa shape index (κ3) is 4.51. The number of fused-ring (bicyclic) bond motifs is 1. The minimum absolute atomic E-state index is 0.209. The van der Waals surface area contributed by atoms with Crippen molar-refractivity contribution >= 4 is 17.4 Å². The fourth-order valence-electron chi connectivity index (χ4n) is 3.70. The second-order valence-electron chi connectivity index (χ2n) is 7.50. The molecule has 1 aliphatic heterocycles. The van der Waals surface area contributed by atoms with Gasteiger partial charge >= 0.3 is 6.03 Å². The normalized spacial score (nSPS) is 14.9. The summed E-state index contributed by atoms with van der Waals surface area (Å²) >= 11 is 0. The number of rotatable bonds is 5. The van der Waals surface area contributed by atoms with Crippen LogP contribution in [-0.4, -0.2) is 33.4 Å². The summed E-state index contributed by atoms with van der Waals surface area (Å²) in [7, 11) is 0. The van der Waals surface area contributed by atoms with Crippen LogP contribution in [0, 0.1) is 6.92 Å². The molecule has 3 heterocycles. The first-order valence-corrected chi connectivity index (χ1v) is 9.97. The first-order chi connectivity index (χ1) is 13.7. The van der Waals surface area contributed by atoms with Gasteiger partial charge in [-0.05, 0) is 62.2 Å². The van der Waals surface area contributed by atoms with E-state index in [2.05, 4.69) is 26.6 Å². The van der Waals surface area contributed by atoms with E-state index in [-0.39, 0.29) is 6.03 Å². The van der Waals surface area contributed by atoms with Gasteiger partial charge in [0.25, 0.3) is 0 Å². The molecule has 1 aromatic carbocycles. The van der Waals surface area contributed by atoms with Gasteiger partial charge in [-0.25, -0.2) is 9.78 Å². The number of piperidine rings is 1. The van der Waals surface area contributed by atoms with Crippen molar-refractivity contribution in [3.63, 3.8) is 0 Å². The zero-order chi connectivity index (χ0) is 19.3. The summed E-state index contributed by atoms with van der Waals surface area (Å²) in [4.78, 5) is 19.4. The van der Waals surface area contributed by atoms with E-state index in [9.17, 15) is 4.79 Å². The first kappa shape index (κ1) is 18.5. The van der Waals surface area contributed by atoms with Gasteiger partial charge in [-0.1, -0.05) is 24.6 Å². The Labute approximate surface area is 165 Å². The van der Waals surface area contributed by atoms with Crippen molar-refractivity contribution in [2.24, 2.45) is 0 Å². The molecule has 0 aliphatic carbocycles. The number of likely N-dealkylation sites (tertiary alicyclic amines) is 1. The number of amides is 2. The van der Waals surface area contributed by atoms with E-state index < -0.39 is 0 Å². The van der Waals surface area contributed by atoms with E-state index in [1.165, 1.54) is 24.8 Å². The highest BCUT2D eigenvalue weighted by molar-refractivity contribution is 5.90. The minimum Gasteiger partial charge on any atom is -0.332 e. The van der Waals surface area contributed by atoms with Gasteiger partial charge in [0.1, 0.15) is 5.65 Å². The Morgan fingerprint density at radius 1 is 1.14 bits per heavy atom. The average molecular weight is 377 g/mol. The number of carbonyl (C=O) groups excluding carboxylic acids is 1. The molecule has 6 nitrogen and oxygen atoms in total. The number of hydrogen-bond donors (Lipinski definition) is 2. The van der Waals surface area contributed by atoms with E-state index in [0.717, 1.165) is 42.2 Å². The van der Waals surface area contributed by atoms with Gasteiger partial charge in [0.05, 0.1) is 12.2 Å². The van der Waals surface area contributed by atoms with Crippen LogP contribution < -0.4 is 10.6 Å². The zero-order valence-corrected chi connectivity index (χ0v) is 16.3. The summed E-state index contributed by atoms with van der Waals surface area (Å²) in [5.41, 5.74) is 4.92. The highest BCUT2D eigenvalue weighted by Crippen LogP contribution is 2.19. The predicted molar refractivity (Wildman–Crippen MR) is 111 cm³/mol. The molecule has 1 fully saturated rings. The number of nitrogens with zero attached hydrogens (tertiary/aromatic N) is 3. The molecule has 1 aliphatic rings. The van der Waals surface area contributed by atoms with Gasteiger partial charge in [-0.3, -0.25) is 4.90 Å². The maximum absolute atomic E-state index is 12.4. The van der Waals surface area contributed by atoms with Crippen LogP contribution >= 0.6 is 0 Å². The van der Waals surface area contributed by atoms with Crippen LogP contribution in [0.25, 0.3) is 5.65 Å². The zero-order valence-electron chi connectivity index (χ0n) is 16.3. The number of nitrogens with one attached hydrogen (secondary N) is 2. The monoisotopic (exact) mass is 377 g/mol. The summed E-state index contributed by atoms with van der Waals surface area (Å²) < 4.78 is 1.97. The van der Waals surface area contributed by atoms with Crippen molar-refractivity contribution < 1.29 is 4.79 Å². The number of para-hydroxylation sites is 1. The van der Waals surface area contributed by atoms with E-state index in [0.29, 0.717) is 6.54 Å². The van der Waals surface area contributed by atoms with Gasteiger partial charge in [-0.15, -0.1) is 0 Å². The summed E-state index contributed by atoms with van der Waals surface area (Å²) in [6, 6.07) is 11.9. The molecule has 146 valence electrons. The second-order valence-corrected chi connectivity index (χ2v) is 7.50. The minimum atomic E-state index is -0.209. The molecular formula is C22H27N5O. The van der Waals surface area contributed by atoms with E-state index in [4.69, 9.17) is 0 Å². The molecule has 0 unspecified atom stereocenters. The number of benzene rings is 1. The Morgan fingerprint density at radius 3 is 2.82 bits per heavy atom. The Kier molecular flexibility index (Phi) is 5.58. The molecule has 0 spiro atoms. The van der Waals surface area contributed by atoms with E-state index >= 15 is 0 Å². The third-order valence-corrected chi connectivity index (χ3v) is 5.20. The number of anilines is 1. The van der Waals surface area contributed by atoms with Crippen LogP contribution in [0.1, 0.15) is 36.1 Å². The number of hydrogen-bond acceptors (Lipinski definition) is 3. The largest absolute Gasteiger partial charge is 0.332 e. The second kappa shape index (κ2) is 8.44. The van der Waals surface area contributed by atoms with Gasteiger partial charge in [0, 0.05) is 24.6 Å². The lowest BCUT2D eigenvalue weighted by Crippen LogP contribution is -2.31. The summed E-state index contributed by atoms with van der Waals surface area (Å²) in [5, 5.41) is 5.92. The highest BCUT2D eigenvalue weighted by atomic mass is 16.2. The predicted octanol–water partition coefficient (Wildman–Crippen LogP) is 3.95. The smallest absolute Gasteiger partial charge is 0.319 e. The van der Waals surface area contributed by atoms with Gasteiger partial charge in [-0.2, -0.15) is 0 Å². The lowest BCUT2D eigenvalue weighted by molar-refractivity contribution is 0.221. The summed E-state index contributed by atoms with van der Waals surface area (Å²) in [6.07, 6.45) is 7.77. The molecule has 0 saturated carbocycles. The number of aromatic nitrogens is 2. The third-order valence-electron chi connectivity index (χ3n) is 5.20. The number of urea groups is 1. The van der Waals surface area contributed by atoms with Crippen LogP contribution in [0.5, 0.6) is 0 Å². The van der Waals surface area contributed by atoms with Crippen molar-refractivity contribution in [3.05, 3.63) is 65.6 Å². The standard InChI is InChI=1S/C22H27N5O/c1-17-9-12-27-16-19(24-21(27)13-17)14-23-22(28)25-20-8-4-3-7-18(20)15-26-10-5-2-6-11-26/h3-4,7-9,12-13,16H,2,5-6,10-11,14-15H2,1H3,(H2,23,25,28). The Hall–Kier alpha value is -2.86. The summed E-state index contributed by atoms with van der Waals surface area (Å²) in [6.45, 7) is 5.58. The van der Waals surface area contributed by atoms with Crippen molar-refractivity contribution in [2.75, 3.05) is 18.4 Å². The molecule has 4 rings (SSSR count). The molecule has 2 N–H and O–H groups in total. The quantitative estimate of drug-likeness (QED) is 0.708. The lowest BCUT2D eigenvalue weighted by Gasteiger charge is -2.27. The van der Waals surface area contributed by atoms with Crippen molar-refractivity contribution in [1.29, 1.82) is 0 Å². The molecule has 1 saturated heterocycles. The van der Waals surface area contributed by atoms with Crippen molar-refractivity contribution in [2.45, 2.75) is 39.3 Å². The van der Waals surface area contributed by atoms with Crippen LogP contribution in [0.3, 0.4) is 0 Å². The highest BCUT2D eigenvalue weighted by Gasteiger charge is 2.13. The average Bonchev–Trinajstić information content (AvgIpc) is 3.11. The molecule has 6 heteroatoms. The van der Waals surface area contributed by atoms with Gasteiger partial charge in [0.2, 0.25) is 0 Å². The van der Waals surface area contributed by atoms with Crippen LogP contribution in [-0.2, 0) is 13.1 Å². The molecule has 0 radical (unpaired) electrons. The first-order valence-electron chi connectivity index (χ1n) is 9.97. The van der Waals surface area contributed by atoms with E-state index in [1.807, 2.05) is 54.0 Å². The number of pyridine rings is 1. The molecule has 28 heavy (non-hydrogen) atoms. The van der Waals surface area contributed by atoms with Crippen molar-refractivity contribution in [3.8, 4) is 0 Å². The molecule has 0 atom stereocenters. The number of carbonyl (C=O) groups is 1. The molecular weight excluding hydrogens is 350 g/mol. The molecule has 0 bridgehead atoms. The van der Waals surface area contributed by atoms with Gasteiger partial charge < -0.3 is 15.0 Å². The Bertz CT molecular complexity index is 958. The topological polar surface area (TPSA) is 61.7 Å². The fourth-order valence-corrected chi connectivity index (χ4v) is 3.70. The number of aryl methyl sites for hydroxylation is 1. The van der Waals surface area contributed by atoms with Crippen LogP contribution in [0.2, 0.25) is 0 Å². The fraction of sp³-hybridized carbons (Fsp3) is 0.364. The molecule has 3 aromatic rings. The van der Waals surface area contributed by atoms with Crippen LogP contribution in [0.15, 0.2) is 48.8 Å². The summed E-state index contributed by atoms with van der Waals surface area (Å²) in [5.74, 6) is 0. The van der Waals surface area contributed by atoms with Crippen molar-refractivity contribution in [1.82, 2.24) is 19.6 Å².